The minimum Gasteiger partial charge on any atom is -0.415 e. The van der Waals surface area contributed by atoms with E-state index in [2.05, 4.69) is 223 Å². The molecule has 0 amide bonds. The molecule has 0 spiro atoms. The number of thiocarbonyl (C=S) groups is 6. The molecule has 200 valence electrons. The van der Waals surface area contributed by atoms with E-state index in [-0.39, 0.29) is 47.0 Å². The van der Waals surface area contributed by atoms with Gasteiger partial charge in [0.25, 0.3) is 0 Å². The second-order valence-corrected chi connectivity index (χ2v) is 13.1. The van der Waals surface area contributed by atoms with E-state index in [4.69, 9.17) is 0 Å². The van der Waals surface area contributed by atoms with Crippen molar-refractivity contribution in [3.8, 4) is 0 Å². The molecule has 0 heterocycles. The van der Waals surface area contributed by atoms with Crippen LogP contribution >= 0.6 is 85.1 Å². The van der Waals surface area contributed by atoms with Crippen LogP contribution in [0.25, 0.3) is 0 Å². The molecule has 0 aromatic heterocycles. The Labute approximate surface area is 289 Å². The smallest absolute Gasteiger partial charge is 0.415 e. The van der Waals surface area contributed by atoms with Crippen molar-refractivity contribution in [3.63, 3.8) is 0 Å². The second-order valence-electron chi connectivity index (χ2n) is 5.24. The Morgan fingerprint density at radius 3 is 0.647 bits per heavy atom. The maximum Gasteiger partial charge on any atom is 6.00 e. The topological polar surface area (TPSA) is 156 Å². The van der Waals surface area contributed by atoms with Crippen LogP contribution in [0.4, 0.5) is 0 Å². The minimum absolute atomic E-state index is 0. The number of thioether (sulfide) groups is 1. The van der Waals surface area contributed by atoms with E-state index >= 15 is 0 Å². The normalized spacial score (nSPS) is 7.24. The van der Waals surface area contributed by atoms with Crippen molar-refractivity contribution in [2.75, 3.05) is 11.5 Å². The first kappa shape index (κ1) is 56.0. The predicted molar refractivity (Wildman–Crippen MR) is 192 cm³/mol. The quantitative estimate of drug-likeness (QED) is 0.139. The van der Waals surface area contributed by atoms with Crippen molar-refractivity contribution in [2.24, 2.45) is 46.2 Å². The molecular formula is C14H30MoN6S13. The van der Waals surface area contributed by atoms with Gasteiger partial charge in [0.1, 0.15) is 0 Å². The van der Waals surface area contributed by atoms with Gasteiger partial charge in [-0.2, -0.15) is 11.8 Å². The summed E-state index contributed by atoms with van der Waals surface area (Å²) in [6.07, 6.45) is 0. The van der Waals surface area contributed by atoms with Crippen LogP contribution in [0, 0.1) is 11.8 Å². The van der Waals surface area contributed by atoms with Gasteiger partial charge in [-0.1, -0.05) is 53.6 Å². The van der Waals surface area contributed by atoms with E-state index in [9.17, 15) is 0 Å². The number of rotatable bonds is 4. The van der Waals surface area contributed by atoms with Crippen LogP contribution in [0.3, 0.4) is 0 Å². The molecule has 0 bridgehead atoms. The molecule has 0 aromatic carbocycles. The van der Waals surface area contributed by atoms with Gasteiger partial charge in [0.05, 0.1) is 0 Å². The summed E-state index contributed by atoms with van der Waals surface area (Å²) in [7, 11) is 0. The maximum absolute atomic E-state index is 4.66. The summed E-state index contributed by atoms with van der Waals surface area (Å²) < 4.78 is 0.500. The third kappa shape index (κ3) is 608. The van der Waals surface area contributed by atoms with Gasteiger partial charge in [0.2, 0.25) is 0 Å². The SMILES string of the molecule is CC(C)CSCC(C)C.NC(=S)[S-].NC(=S)[S-].NC(=S)[S-].NC(=S)[S-].NC(=S)[S-].NC(=S)[S-].[Mo+6]. The Bertz CT molecular complexity index is 397. The molecule has 0 saturated heterocycles. The molecular weight excluding hydrogens is 765 g/mol. The van der Waals surface area contributed by atoms with Crippen molar-refractivity contribution in [1.82, 2.24) is 0 Å². The monoisotopic (exact) mass is 796 g/mol. The Hall–Kier alpha value is 1.70. The zero-order chi connectivity index (χ0) is 28.7. The Balaban J connectivity index is -0.0000000399. The molecule has 0 unspecified atom stereocenters. The molecule has 20 heteroatoms. The zero-order valence-corrected chi connectivity index (χ0v) is 31.4. The van der Waals surface area contributed by atoms with E-state index in [0.717, 1.165) is 11.8 Å². The van der Waals surface area contributed by atoms with Crippen LogP contribution in [0.5, 0.6) is 0 Å². The van der Waals surface area contributed by atoms with Crippen LogP contribution in [0.2, 0.25) is 0 Å². The average Bonchev–Trinajstić information content (AvgIpc) is 2.42. The molecule has 0 atom stereocenters. The molecule has 0 saturated carbocycles. The summed E-state index contributed by atoms with van der Waals surface area (Å²) in [4.78, 5) is 0. The largest absolute Gasteiger partial charge is 6.00 e. The molecule has 0 aliphatic carbocycles. The summed E-state index contributed by atoms with van der Waals surface area (Å²) in [6.45, 7) is 9.08. The number of nitrogens with two attached hydrogens (primary N) is 6. The zero-order valence-electron chi connectivity index (χ0n) is 18.7. The first-order valence-electron chi connectivity index (χ1n) is 7.88. The predicted octanol–water partition coefficient (Wildman–Crippen LogP) is 1.69. The van der Waals surface area contributed by atoms with Gasteiger partial charge in [-0.25, -0.2) is 0 Å². The van der Waals surface area contributed by atoms with Crippen LogP contribution in [-0.4, -0.2) is 37.4 Å². The Kier molecular flexibility index (Phi) is 78.8. The van der Waals surface area contributed by atoms with Crippen molar-refractivity contribution in [3.05, 3.63) is 0 Å². The van der Waals surface area contributed by atoms with Gasteiger partial charge in [-0.3, -0.25) is 0 Å². The first-order valence-corrected chi connectivity index (χ1v) is 13.9. The molecule has 0 aliphatic rings. The van der Waals surface area contributed by atoms with E-state index in [1.54, 1.807) is 0 Å². The Morgan fingerprint density at radius 1 is 0.500 bits per heavy atom. The molecule has 0 radical (unpaired) electrons. The summed E-state index contributed by atoms with van der Waals surface area (Å²) in [6, 6.07) is 0. The van der Waals surface area contributed by atoms with Gasteiger partial charge in [0.15, 0.2) is 0 Å². The van der Waals surface area contributed by atoms with Crippen LogP contribution in [-0.2, 0) is 96.8 Å². The van der Waals surface area contributed by atoms with E-state index in [0.29, 0.717) is 0 Å². The molecule has 0 fully saturated rings. The van der Waals surface area contributed by atoms with Crippen LogP contribution < -0.4 is 34.4 Å². The minimum atomic E-state index is 0. The van der Waals surface area contributed by atoms with Crippen molar-refractivity contribution < 1.29 is 21.1 Å². The molecule has 0 rings (SSSR count). The van der Waals surface area contributed by atoms with Crippen molar-refractivity contribution >= 4 is 187 Å². The van der Waals surface area contributed by atoms with Gasteiger partial charge >= 0.3 is 21.1 Å². The van der Waals surface area contributed by atoms with Gasteiger partial charge < -0.3 is 183 Å². The fourth-order valence-corrected chi connectivity index (χ4v) is 1.62. The van der Waals surface area contributed by atoms with Crippen LogP contribution in [0.1, 0.15) is 27.7 Å². The van der Waals surface area contributed by atoms with E-state index < -0.39 is 0 Å². The van der Waals surface area contributed by atoms with Gasteiger partial charge in [0, 0.05) is 0 Å². The second kappa shape index (κ2) is 47.8. The first-order chi connectivity index (χ1) is 14.5. The number of hydrogen-bond acceptors (Lipinski definition) is 13. The molecule has 0 aromatic rings. The average molecular weight is 795 g/mol. The van der Waals surface area contributed by atoms with Crippen molar-refractivity contribution in [2.45, 2.75) is 27.7 Å². The van der Waals surface area contributed by atoms with Gasteiger partial charge in [-0.05, 0) is 23.3 Å². The number of hydrogen-bond donors (Lipinski definition) is 6. The Morgan fingerprint density at radius 2 is 0.588 bits per heavy atom. The third-order valence-electron chi connectivity index (χ3n) is 0.902. The summed E-state index contributed by atoms with van der Waals surface area (Å²) in [5.74, 6) is 4.35. The van der Waals surface area contributed by atoms with Crippen molar-refractivity contribution in [1.29, 1.82) is 0 Å². The molecule has 6 nitrogen and oxygen atoms in total. The standard InChI is InChI=1S/C8H18S.6CH3NS2.Mo/c1-7(2)5-9-6-8(3)4;6*2-1(3)4;/h7-8H,5-6H2,1-4H3;6*(H3,2,3,4);/q;;;;;;;+6/p-6. The summed E-state index contributed by atoms with van der Waals surface area (Å²) in [5, 5.41) is 0. The van der Waals surface area contributed by atoms with Crippen LogP contribution in [0.15, 0.2) is 0 Å². The molecule has 34 heavy (non-hydrogen) atoms. The third-order valence-corrected chi connectivity index (χ3v) is 2.71. The summed E-state index contributed by atoms with van der Waals surface area (Å²) in [5.41, 5.74) is 27.9. The fraction of sp³-hybridized carbons (Fsp3) is 0.571. The van der Waals surface area contributed by atoms with Gasteiger partial charge in [-0.15, -0.1) is 0 Å². The fourth-order valence-electron chi connectivity index (χ4n) is 0.539. The molecule has 12 N–H and O–H groups in total. The van der Waals surface area contributed by atoms with E-state index in [1.165, 1.54) is 11.5 Å². The van der Waals surface area contributed by atoms with E-state index in [1.807, 2.05) is 0 Å². The maximum atomic E-state index is 4.66. The summed E-state index contributed by atoms with van der Waals surface area (Å²) >= 11 is 51.6. The molecule has 0 aliphatic heterocycles.